The number of thiophene rings is 1. The van der Waals surface area contributed by atoms with Gasteiger partial charge in [-0.1, -0.05) is 12.1 Å². The van der Waals surface area contributed by atoms with Crippen LogP contribution in [0.15, 0.2) is 35.7 Å². The first-order valence-electron chi connectivity index (χ1n) is 4.96. The zero-order chi connectivity index (χ0) is 13.1. The molecule has 2 rings (SSSR count). The first kappa shape index (κ1) is 13.0. The van der Waals surface area contributed by atoms with Crippen molar-refractivity contribution >= 4 is 50.8 Å². The lowest BCUT2D eigenvalue weighted by Gasteiger charge is -2.05. The second-order valence-corrected chi connectivity index (χ2v) is 5.48. The number of benzene rings is 1. The molecule has 0 atom stereocenters. The summed E-state index contributed by atoms with van der Waals surface area (Å²) in [5.74, 6) is -1.35. The van der Waals surface area contributed by atoms with Crippen LogP contribution in [0, 0.1) is 3.57 Å². The lowest BCUT2D eigenvalue weighted by Crippen LogP contribution is -2.14. The zero-order valence-corrected chi connectivity index (χ0v) is 12.0. The number of carbonyl (C=O) groups is 2. The van der Waals surface area contributed by atoms with Gasteiger partial charge in [-0.05, 0) is 46.2 Å². The molecule has 0 saturated carbocycles. The van der Waals surface area contributed by atoms with E-state index in [0.717, 1.165) is 3.57 Å². The SMILES string of the molecule is O=C(Nc1sccc1C(=O)O)c1ccccc1I. The summed E-state index contributed by atoms with van der Waals surface area (Å²) in [4.78, 5) is 22.9. The molecular formula is C12H8INO3S. The molecule has 0 aliphatic heterocycles. The van der Waals surface area contributed by atoms with Crippen molar-refractivity contribution in [3.63, 3.8) is 0 Å². The van der Waals surface area contributed by atoms with Gasteiger partial charge < -0.3 is 10.4 Å². The predicted octanol–water partition coefficient (Wildman–Crippen LogP) is 3.30. The number of carbonyl (C=O) groups excluding carboxylic acids is 1. The Balaban J connectivity index is 2.25. The number of carboxylic acids is 1. The van der Waals surface area contributed by atoms with Crippen LogP contribution in [0.2, 0.25) is 0 Å². The summed E-state index contributed by atoms with van der Waals surface area (Å²) >= 11 is 3.26. The second-order valence-electron chi connectivity index (χ2n) is 3.40. The molecule has 2 N–H and O–H groups in total. The highest BCUT2D eigenvalue weighted by Gasteiger charge is 2.15. The Morgan fingerprint density at radius 3 is 2.56 bits per heavy atom. The number of carboxylic acid groups (broad SMARTS) is 1. The van der Waals surface area contributed by atoms with Crippen molar-refractivity contribution in [3.05, 3.63) is 50.4 Å². The van der Waals surface area contributed by atoms with E-state index in [9.17, 15) is 9.59 Å². The molecule has 1 heterocycles. The van der Waals surface area contributed by atoms with Crippen LogP contribution in [-0.4, -0.2) is 17.0 Å². The van der Waals surface area contributed by atoms with Gasteiger partial charge in [0.2, 0.25) is 0 Å². The Morgan fingerprint density at radius 1 is 1.17 bits per heavy atom. The van der Waals surface area contributed by atoms with E-state index in [4.69, 9.17) is 5.11 Å². The summed E-state index contributed by atoms with van der Waals surface area (Å²) in [6, 6.07) is 8.60. The summed E-state index contributed by atoms with van der Waals surface area (Å²) in [5.41, 5.74) is 0.641. The van der Waals surface area contributed by atoms with Gasteiger partial charge in [0.15, 0.2) is 0 Å². The van der Waals surface area contributed by atoms with Gasteiger partial charge in [0.1, 0.15) is 5.00 Å². The molecule has 0 spiro atoms. The summed E-state index contributed by atoms with van der Waals surface area (Å²) in [6.07, 6.45) is 0. The fraction of sp³-hybridized carbons (Fsp3) is 0. The van der Waals surface area contributed by atoms with Crippen LogP contribution in [0.25, 0.3) is 0 Å². The highest BCUT2D eigenvalue weighted by Crippen LogP contribution is 2.24. The van der Waals surface area contributed by atoms with E-state index in [-0.39, 0.29) is 11.5 Å². The van der Waals surface area contributed by atoms with Gasteiger partial charge in [0.25, 0.3) is 5.91 Å². The molecule has 0 unspecified atom stereocenters. The molecule has 1 aromatic carbocycles. The molecule has 0 radical (unpaired) electrons. The Labute approximate surface area is 121 Å². The Morgan fingerprint density at radius 2 is 1.89 bits per heavy atom. The van der Waals surface area contributed by atoms with E-state index in [1.54, 1.807) is 17.5 Å². The molecule has 4 nitrogen and oxygen atoms in total. The molecule has 1 aromatic heterocycles. The molecule has 1 amide bonds. The third-order valence-electron chi connectivity index (χ3n) is 2.24. The van der Waals surface area contributed by atoms with Gasteiger partial charge in [-0.25, -0.2) is 4.79 Å². The number of hydrogen-bond donors (Lipinski definition) is 2. The van der Waals surface area contributed by atoms with Crippen molar-refractivity contribution in [3.8, 4) is 0 Å². The largest absolute Gasteiger partial charge is 0.478 e. The Hall–Kier alpha value is -1.41. The molecule has 6 heteroatoms. The van der Waals surface area contributed by atoms with Gasteiger partial charge in [-0.2, -0.15) is 0 Å². The minimum absolute atomic E-state index is 0.110. The van der Waals surface area contributed by atoms with Crippen molar-refractivity contribution in [2.75, 3.05) is 5.32 Å². The Kier molecular flexibility index (Phi) is 3.97. The monoisotopic (exact) mass is 373 g/mol. The van der Waals surface area contributed by atoms with E-state index in [2.05, 4.69) is 27.9 Å². The third-order valence-corrected chi connectivity index (χ3v) is 4.01. The summed E-state index contributed by atoms with van der Waals surface area (Å²) < 4.78 is 0.820. The van der Waals surface area contributed by atoms with E-state index in [1.165, 1.54) is 17.4 Å². The first-order chi connectivity index (χ1) is 8.59. The maximum Gasteiger partial charge on any atom is 0.338 e. The van der Waals surface area contributed by atoms with Crippen LogP contribution in [-0.2, 0) is 0 Å². The van der Waals surface area contributed by atoms with Crippen LogP contribution in [0.4, 0.5) is 5.00 Å². The maximum atomic E-state index is 12.0. The summed E-state index contributed by atoms with van der Waals surface area (Å²) in [5, 5.41) is 13.6. The highest BCUT2D eigenvalue weighted by molar-refractivity contribution is 14.1. The van der Waals surface area contributed by atoms with Crippen molar-refractivity contribution in [1.82, 2.24) is 0 Å². The maximum absolute atomic E-state index is 12.0. The fourth-order valence-electron chi connectivity index (χ4n) is 1.39. The normalized spacial score (nSPS) is 10.1. The van der Waals surface area contributed by atoms with Crippen molar-refractivity contribution in [2.24, 2.45) is 0 Å². The zero-order valence-electron chi connectivity index (χ0n) is 9.01. The quantitative estimate of drug-likeness (QED) is 0.812. The van der Waals surface area contributed by atoms with Crippen molar-refractivity contribution in [1.29, 1.82) is 0 Å². The number of nitrogens with one attached hydrogen (secondary N) is 1. The predicted molar refractivity (Wildman–Crippen MR) is 78.4 cm³/mol. The van der Waals surface area contributed by atoms with Crippen LogP contribution in [0.1, 0.15) is 20.7 Å². The van der Waals surface area contributed by atoms with E-state index in [1.807, 2.05) is 12.1 Å². The van der Waals surface area contributed by atoms with Gasteiger partial charge in [0, 0.05) is 3.57 Å². The smallest absolute Gasteiger partial charge is 0.338 e. The molecule has 0 saturated heterocycles. The van der Waals surface area contributed by atoms with Crippen molar-refractivity contribution in [2.45, 2.75) is 0 Å². The number of anilines is 1. The minimum Gasteiger partial charge on any atom is -0.478 e. The average Bonchev–Trinajstić information content (AvgIpc) is 2.77. The van der Waals surface area contributed by atoms with Crippen LogP contribution in [0.3, 0.4) is 0 Å². The van der Waals surface area contributed by atoms with Crippen LogP contribution < -0.4 is 5.32 Å². The van der Waals surface area contributed by atoms with E-state index < -0.39 is 5.97 Å². The molecule has 0 fully saturated rings. The van der Waals surface area contributed by atoms with Crippen LogP contribution >= 0.6 is 33.9 Å². The number of rotatable bonds is 3. The molecule has 2 aromatic rings. The van der Waals surface area contributed by atoms with Gasteiger partial charge in [-0.15, -0.1) is 11.3 Å². The second kappa shape index (κ2) is 5.49. The van der Waals surface area contributed by atoms with Crippen molar-refractivity contribution < 1.29 is 14.7 Å². The lowest BCUT2D eigenvalue weighted by atomic mass is 10.2. The Bertz CT molecular complexity index is 609. The number of aromatic carboxylic acids is 1. The molecule has 18 heavy (non-hydrogen) atoms. The molecule has 0 aliphatic carbocycles. The van der Waals surface area contributed by atoms with Gasteiger partial charge >= 0.3 is 5.97 Å². The van der Waals surface area contributed by atoms with Crippen LogP contribution in [0.5, 0.6) is 0 Å². The number of halogens is 1. The fourth-order valence-corrected chi connectivity index (χ4v) is 2.80. The topological polar surface area (TPSA) is 66.4 Å². The molecule has 0 aliphatic rings. The summed E-state index contributed by atoms with van der Waals surface area (Å²) in [7, 11) is 0. The number of hydrogen-bond acceptors (Lipinski definition) is 3. The highest BCUT2D eigenvalue weighted by atomic mass is 127. The van der Waals surface area contributed by atoms with Gasteiger partial charge in [-0.3, -0.25) is 4.79 Å². The minimum atomic E-state index is -1.05. The van der Waals surface area contributed by atoms with Gasteiger partial charge in [0.05, 0.1) is 11.1 Å². The standard InChI is InChI=1S/C12H8INO3S/c13-9-4-2-1-3-7(9)10(15)14-11-8(12(16)17)5-6-18-11/h1-6H,(H,14,15)(H,16,17). The number of amides is 1. The average molecular weight is 373 g/mol. The lowest BCUT2D eigenvalue weighted by molar-refractivity contribution is 0.0698. The molecular weight excluding hydrogens is 365 g/mol. The summed E-state index contributed by atoms with van der Waals surface area (Å²) in [6.45, 7) is 0. The first-order valence-corrected chi connectivity index (χ1v) is 6.92. The molecule has 0 bridgehead atoms. The van der Waals surface area contributed by atoms with E-state index >= 15 is 0 Å². The van der Waals surface area contributed by atoms with E-state index in [0.29, 0.717) is 10.6 Å². The molecule has 92 valence electrons. The third kappa shape index (κ3) is 2.70.